The first-order valence-electron chi connectivity index (χ1n) is 10.2. The van der Waals surface area contributed by atoms with Gasteiger partial charge in [0.25, 0.3) is 0 Å². The van der Waals surface area contributed by atoms with Gasteiger partial charge in [0.15, 0.2) is 5.78 Å². The van der Waals surface area contributed by atoms with E-state index in [0.717, 1.165) is 4.90 Å². The molecule has 0 radical (unpaired) electrons. The Morgan fingerprint density at radius 1 is 0.938 bits per heavy atom. The van der Waals surface area contributed by atoms with Crippen LogP contribution in [0.4, 0.5) is 5.69 Å². The van der Waals surface area contributed by atoms with Crippen LogP contribution in [0.15, 0.2) is 71.9 Å². The number of carbonyl (C=O) groups excluding carboxylic acids is 4. The zero-order valence-electron chi connectivity index (χ0n) is 17.1. The number of Topliss-reactive ketones (excluding diaryl/α,β-unsaturated/α-hetero) is 1. The van der Waals surface area contributed by atoms with Gasteiger partial charge < -0.3 is 4.74 Å². The van der Waals surface area contributed by atoms with Crippen molar-refractivity contribution in [2.75, 3.05) is 4.90 Å². The molecule has 0 aliphatic carbocycles. The molecule has 5 rings (SSSR count). The maximum absolute atomic E-state index is 13.5. The van der Waals surface area contributed by atoms with Crippen molar-refractivity contribution in [3.8, 4) is 5.75 Å². The molecule has 0 aromatic heterocycles. The third-order valence-electron chi connectivity index (χ3n) is 5.97. The quantitative estimate of drug-likeness (QED) is 0.320. The lowest BCUT2D eigenvalue weighted by molar-refractivity contribution is -0.132. The Morgan fingerprint density at radius 3 is 2.31 bits per heavy atom. The lowest BCUT2D eigenvalue weighted by Gasteiger charge is -2.30. The predicted molar refractivity (Wildman–Crippen MR) is 115 cm³/mol. The zero-order chi connectivity index (χ0) is 22.4. The molecule has 2 amide bonds. The van der Waals surface area contributed by atoms with Gasteiger partial charge in [-0.1, -0.05) is 36.4 Å². The first kappa shape index (κ1) is 19.9. The predicted octanol–water partition coefficient (Wildman–Crippen LogP) is 2.21. The summed E-state index contributed by atoms with van der Waals surface area (Å²) < 4.78 is 5.02. The van der Waals surface area contributed by atoms with Crippen LogP contribution in [0.2, 0.25) is 0 Å². The molecule has 2 aromatic carbocycles. The molecular weight excluding hydrogens is 410 g/mol. The Morgan fingerprint density at radius 2 is 1.62 bits per heavy atom. The van der Waals surface area contributed by atoms with Crippen LogP contribution in [-0.4, -0.2) is 46.9 Å². The highest BCUT2D eigenvalue weighted by Gasteiger charge is 2.64. The number of nitrogens with zero attached hydrogens (tertiary/aromatic N) is 3. The van der Waals surface area contributed by atoms with E-state index in [0.29, 0.717) is 17.0 Å². The van der Waals surface area contributed by atoms with Gasteiger partial charge in [-0.2, -0.15) is 5.10 Å². The second kappa shape index (κ2) is 7.56. The van der Waals surface area contributed by atoms with E-state index in [-0.39, 0.29) is 11.7 Å². The number of hydrogen-bond acceptors (Lipinski definition) is 7. The van der Waals surface area contributed by atoms with Gasteiger partial charge in [0, 0.05) is 18.7 Å². The van der Waals surface area contributed by atoms with Gasteiger partial charge in [0.1, 0.15) is 11.8 Å². The van der Waals surface area contributed by atoms with Gasteiger partial charge in [-0.25, -0.2) is 4.90 Å². The molecule has 3 aliphatic heterocycles. The highest BCUT2D eigenvalue weighted by atomic mass is 16.5. The van der Waals surface area contributed by atoms with Crippen molar-refractivity contribution in [3.05, 3.63) is 72.3 Å². The summed E-state index contributed by atoms with van der Waals surface area (Å²) in [6, 6.07) is 13.5. The number of imide groups is 1. The largest absolute Gasteiger partial charge is 0.427 e. The van der Waals surface area contributed by atoms with Crippen molar-refractivity contribution in [3.63, 3.8) is 0 Å². The Bertz CT molecular complexity index is 1170. The number of rotatable bonds is 4. The molecule has 8 heteroatoms. The molecule has 4 atom stereocenters. The van der Waals surface area contributed by atoms with Crippen LogP contribution in [0.5, 0.6) is 5.75 Å². The average molecular weight is 429 g/mol. The van der Waals surface area contributed by atoms with Crippen molar-refractivity contribution >= 4 is 35.5 Å². The maximum Gasteiger partial charge on any atom is 0.308 e. The third-order valence-corrected chi connectivity index (χ3v) is 5.97. The smallest absolute Gasteiger partial charge is 0.308 e. The van der Waals surface area contributed by atoms with Gasteiger partial charge in [0.05, 0.1) is 23.6 Å². The molecule has 0 spiro atoms. The van der Waals surface area contributed by atoms with Crippen molar-refractivity contribution in [1.29, 1.82) is 0 Å². The second-order valence-corrected chi connectivity index (χ2v) is 7.85. The van der Waals surface area contributed by atoms with Gasteiger partial charge in [-0.3, -0.25) is 24.2 Å². The summed E-state index contributed by atoms with van der Waals surface area (Å²) in [6.45, 7) is 1.29. The number of fused-ring (bicyclic) bond motifs is 3. The fraction of sp³-hybridized carbons (Fsp3) is 0.208. The summed E-state index contributed by atoms with van der Waals surface area (Å²) in [5, 5.41) is 5.92. The molecule has 8 nitrogen and oxygen atoms in total. The minimum Gasteiger partial charge on any atom is -0.427 e. The number of ketones is 1. The number of anilines is 1. The van der Waals surface area contributed by atoms with Gasteiger partial charge in [0.2, 0.25) is 11.8 Å². The summed E-state index contributed by atoms with van der Waals surface area (Å²) in [7, 11) is 0. The summed E-state index contributed by atoms with van der Waals surface area (Å²) in [4.78, 5) is 52.6. The monoisotopic (exact) mass is 429 g/mol. The van der Waals surface area contributed by atoms with E-state index in [1.54, 1.807) is 59.8 Å². The van der Waals surface area contributed by atoms with E-state index >= 15 is 0 Å². The van der Waals surface area contributed by atoms with Gasteiger partial charge in [-0.15, -0.1) is 0 Å². The minimum atomic E-state index is -0.879. The Balaban J connectivity index is 1.52. The van der Waals surface area contributed by atoms with E-state index in [9.17, 15) is 19.2 Å². The number of hydrogen-bond donors (Lipinski definition) is 0. The third kappa shape index (κ3) is 3.03. The van der Waals surface area contributed by atoms with E-state index in [1.165, 1.54) is 19.1 Å². The van der Waals surface area contributed by atoms with Crippen LogP contribution in [0.25, 0.3) is 0 Å². The topological polar surface area (TPSA) is 96.3 Å². The van der Waals surface area contributed by atoms with Crippen LogP contribution >= 0.6 is 0 Å². The number of carbonyl (C=O) groups is 4. The first-order valence-corrected chi connectivity index (χ1v) is 10.2. The highest BCUT2D eigenvalue weighted by molar-refractivity contribution is 6.24. The molecule has 0 bridgehead atoms. The summed E-state index contributed by atoms with van der Waals surface area (Å²) in [5.74, 6) is -2.78. The Hall–Kier alpha value is -4.07. The molecular formula is C24H19N3O5. The molecule has 2 saturated heterocycles. The van der Waals surface area contributed by atoms with Gasteiger partial charge >= 0.3 is 5.97 Å². The van der Waals surface area contributed by atoms with Crippen molar-refractivity contribution in [2.45, 2.75) is 19.0 Å². The molecule has 0 saturated carbocycles. The van der Waals surface area contributed by atoms with E-state index in [1.807, 2.05) is 6.07 Å². The fourth-order valence-electron chi connectivity index (χ4n) is 4.69. The second-order valence-electron chi connectivity index (χ2n) is 7.85. The zero-order valence-corrected chi connectivity index (χ0v) is 17.1. The number of hydrazone groups is 1. The number of ether oxygens (including phenoxy) is 1. The van der Waals surface area contributed by atoms with Crippen LogP contribution in [-0.2, 0) is 14.4 Å². The SMILES string of the molecule is CC(=O)Oc1ccc(N2C(=O)[C@@H]3[C@@H](C2=O)[C@@H]2C=CC=NN2[C@@H]3C(=O)c2ccccc2)cc1. The van der Waals surface area contributed by atoms with Crippen LogP contribution in [0.1, 0.15) is 17.3 Å². The summed E-state index contributed by atoms with van der Waals surface area (Å²) >= 11 is 0. The Kier molecular flexibility index (Phi) is 4.70. The number of benzene rings is 2. The van der Waals surface area contributed by atoms with E-state index in [4.69, 9.17) is 4.74 Å². The minimum absolute atomic E-state index is 0.247. The fourth-order valence-corrected chi connectivity index (χ4v) is 4.69. The molecule has 3 aliphatic rings. The number of amides is 2. The standard InChI is InChI=1S/C24H19N3O5/c1-14(28)32-17-11-9-16(10-12-17)26-23(30)19-18-8-5-13-25-27(18)21(20(19)24(26)31)22(29)15-6-3-2-4-7-15/h2-13,18-21H,1H3/t18-,19-,20+,21-/m0/s1. The maximum atomic E-state index is 13.5. The number of allylic oxidation sites excluding steroid dienone is 1. The summed E-state index contributed by atoms with van der Waals surface area (Å²) in [6.07, 6.45) is 5.09. The molecule has 160 valence electrons. The lowest BCUT2D eigenvalue weighted by Crippen LogP contribution is -2.46. The van der Waals surface area contributed by atoms with Crippen LogP contribution < -0.4 is 9.64 Å². The lowest BCUT2D eigenvalue weighted by atomic mass is 9.86. The van der Waals surface area contributed by atoms with Crippen molar-refractivity contribution in [2.24, 2.45) is 16.9 Å². The molecule has 2 fully saturated rings. The summed E-state index contributed by atoms with van der Waals surface area (Å²) in [5.41, 5.74) is 0.831. The van der Waals surface area contributed by atoms with Crippen molar-refractivity contribution < 1.29 is 23.9 Å². The first-order chi connectivity index (χ1) is 15.5. The van der Waals surface area contributed by atoms with E-state index in [2.05, 4.69) is 5.10 Å². The molecule has 0 unspecified atom stereocenters. The molecule has 2 aromatic rings. The van der Waals surface area contributed by atoms with Crippen molar-refractivity contribution in [1.82, 2.24) is 5.01 Å². The van der Waals surface area contributed by atoms with Crippen LogP contribution in [0.3, 0.4) is 0 Å². The Labute approximate surface area is 183 Å². The molecule has 0 N–H and O–H groups in total. The van der Waals surface area contributed by atoms with E-state index < -0.39 is 35.8 Å². The normalized spacial score (nSPS) is 25.7. The molecule has 32 heavy (non-hydrogen) atoms. The number of esters is 1. The van der Waals surface area contributed by atoms with Crippen LogP contribution in [0, 0.1) is 11.8 Å². The molecule has 3 heterocycles. The average Bonchev–Trinajstić information content (AvgIpc) is 3.27. The highest BCUT2D eigenvalue weighted by Crippen LogP contribution is 2.46. The van der Waals surface area contributed by atoms with Gasteiger partial charge in [-0.05, 0) is 30.3 Å².